The molecule has 1 aliphatic rings. The lowest BCUT2D eigenvalue weighted by atomic mass is 10.1. The van der Waals surface area contributed by atoms with Crippen LogP contribution in [0.4, 0.5) is 0 Å². The van der Waals surface area contributed by atoms with Gasteiger partial charge in [-0.2, -0.15) is 4.31 Å². The average Bonchev–Trinajstić information content (AvgIpc) is 3.11. The summed E-state index contributed by atoms with van der Waals surface area (Å²) in [7, 11) is -1.70. The van der Waals surface area contributed by atoms with Gasteiger partial charge in [0.1, 0.15) is 0 Å². The van der Waals surface area contributed by atoms with Gasteiger partial charge in [-0.1, -0.05) is 42.5 Å². The van der Waals surface area contributed by atoms with Crippen molar-refractivity contribution >= 4 is 10.0 Å². The van der Waals surface area contributed by atoms with E-state index < -0.39 is 10.0 Å². The molecule has 0 radical (unpaired) electrons. The molecule has 146 valence electrons. The molecule has 2 heterocycles. The Hall–Kier alpha value is -2.55. The first kappa shape index (κ1) is 18.8. The summed E-state index contributed by atoms with van der Waals surface area (Å²) < 4.78 is 34.9. The second-order valence-electron chi connectivity index (χ2n) is 6.77. The molecule has 28 heavy (non-hydrogen) atoms. The van der Waals surface area contributed by atoms with Gasteiger partial charge in [0, 0.05) is 31.3 Å². The van der Waals surface area contributed by atoms with Crippen LogP contribution in [0, 0.1) is 6.92 Å². The maximum Gasteiger partial charge on any atom is 0.243 e. The van der Waals surface area contributed by atoms with Crippen molar-refractivity contribution in [3.8, 4) is 22.8 Å². The van der Waals surface area contributed by atoms with Crippen LogP contribution >= 0.6 is 0 Å². The summed E-state index contributed by atoms with van der Waals surface area (Å²) in [5.41, 5.74) is 2.38. The zero-order chi connectivity index (χ0) is 19.7. The average molecular weight is 398 g/mol. The molecule has 0 saturated carbocycles. The minimum atomic E-state index is -3.59. The lowest BCUT2D eigenvalue weighted by Gasteiger charge is -2.26. The summed E-state index contributed by atoms with van der Waals surface area (Å²) in [6.07, 6.45) is 0. The van der Waals surface area contributed by atoms with Gasteiger partial charge in [-0.3, -0.25) is 0 Å². The number of aromatic nitrogens is 3. The molecule has 3 aromatic rings. The standard InChI is InChI=1S/C20H22N4O3S/c1-15-8-9-17(14-18(15)28(25,26)24-10-12-27-13-11-24)20-22-21-19(23(20)2)16-6-4-3-5-7-16/h3-9,14H,10-13H2,1-2H3. The number of morpholine rings is 1. The van der Waals surface area contributed by atoms with E-state index in [9.17, 15) is 8.42 Å². The maximum absolute atomic E-state index is 13.1. The zero-order valence-corrected chi connectivity index (χ0v) is 16.7. The molecule has 0 N–H and O–H groups in total. The highest BCUT2D eigenvalue weighted by atomic mass is 32.2. The molecular formula is C20H22N4O3S. The highest BCUT2D eigenvalue weighted by Crippen LogP contribution is 2.28. The van der Waals surface area contributed by atoms with Crippen molar-refractivity contribution < 1.29 is 13.2 Å². The van der Waals surface area contributed by atoms with Gasteiger partial charge in [-0.05, 0) is 18.6 Å². The summed E-state index contributed by atoms with van der Waals surface area (Å²) >= 11 is 0. The smallest absolute Gasteiger partial charge is 0.243 e. The van der Waals surface area contributed by atoms with Gasteiger partial charge in [0.25, 0.3) is 0 Å². The molecule has 2 aromatic carbocycles. The molecule has 4 rings (SSSR count). The fourth-order valence-electron chi connectivity index (χ4n) is 3.36. The van der Waals surface area contributed by atoms with Crippen molar-refractivity contribution in [2.45, 2.75) is 11.8 Å². The maximum atomic E-state index is 13.1. The summed E-state index contributed by atoms with van der Waals surface area (Å²) in [4.78, 5) is 0.302. The lowest BCUT2D eigenvalue weighted by Crippen LogP contribution is -2.40. The Bertz CT molecular complexity index is 1090. The molecular weight excluding hydrogens is 376 g/mol. The molecule has 0 bridgehead atoms. The number of hydrogen-bond acceptors (Lipinski definition) is 5. The molecule has 1 aromatic heterocycles. The van der Waals surface area contributed by atoms with Gasteiger partial charge < -0.3 is 9.30 Å². The fraction of sp³-hybridized carbons (Fsp3) is 0.300. The van der Waals surface area contributed by atoms with Crippen LogP contribution in [0.15, 0.2) is 53.4 Å². The largest absolute Gasteiger partial charge is 0.379 e. The molecule has 1 aliphatic heterocycles. The summed E-state index contributed by atoms with van der Waals surface area (Å²) in [5.74, 6) is 1.35. The van der Waals surface area contributed by atoms with E-state index in [0.29, 0.717) is 42.6 Å². The van der Waals surface area contributed by atoms with E-state index in [2.05, 4.69) is 10.2 Å². The Balaban J connectivity index is 1.75. The van der Waals surface area contributed by atoms with Gasteiger partial charge in [0.05, 0.1) is 18.1 Å². The van der Waals surface area contributed by atoms with E-state index in [1.54, 1.807) is 6.07 Å². The van der Waals surface area contributed by atoms with Gasteiger partial charge in [-0.25, -0.2) is 8.42 Å². The Kier molecular flexibility index (Phi) is 5.01. The van der Waals surface area contributed by atoms with E-state index in [1.807, 2.05) is 61.0 Å². The van der Waals surface area contributed by atoms with Gasteiger partial charge >= 0.3 is 0 Å². The minimum absolute atomic E-state index is 0.302. The number of aryl methyl sites for hydroxylation is 1. The van der Waals surface area contributed by atoms with Crippen LogP contribution in [0.2, 0.25) is 0 Å². The van der Waals surface area contributed by atoms with Gasteiger partial charge in [0.15, 0.2) is 11.6 Å². The third-order valence-electron chi connectivity index (χ3n) is 4.94. The molecule has 0 spiro atoms. The lowest BCUT2D eigenvalue weighted by molar-refractivity contribution is 0.0730. The molecule has 8 heteroatoms. The van der Waals surface area contributed by atoms with Crippen molar-refractivity contribution in [2.24, 2.45) is 7.05 Å². The number of ether oxygens (including phenoxy) is 1. The minimum Gasteiger partial charge on any atom is -0.379 e. The van der Waals surface area contributed by atoms with Crippen molar-refractivity contribution in [3.63, 3.8) is 0 Å². The van der Waals surface area contributed by atoms with Gasteiger partial charge in [0.2, 0.25) is 10.0 Å². The molecule has 0 atom stereocenters. The first-order valence-corrected chi connectivity index (χ1v) is 10.6. The molecule has 0 aliphatic carbocycles. The molecule has 1 fully saturated rings. The SMILES string of the molecule is Cc1ccc(-c2nnc(-c3ccccc3)n2C)cc1S(=O)(=O)N1CCOCC1. The predicted octanol–water partition coefficient (Wildman–Crippen LogP) is 2.48. The quantitative estimate of drug-likeness (QED) is 0.675. The third-order valence-corrected chi connectivity index (χ3v) is 6.98. The predicted molar refractivity (Wildman–Crippen MR) is 106 cm³/mol. The number of sulfonamides is 1. The third kappa shape index (κ3) is 3.34. The highest BCUT2D eigenvalue weighted by Gasteiger charge is 2.28. The van der Waals surface area contributed by atoms with Crippen LogP contribution in [-0.4, -0.2) is 53.8 Å². The van der Waals surface area contributed by atoms with Gasteiger partial charge in [-0.15, -0.1) is 10.2 Å². The Morgan fingerprint density at radius 3 is 2.25 bits per heavy atom. The van der Waals surface area contributed by atoms with Crippen LogP contribution < -0.4 is 0 Å². The van der Waals surface area contributed by atoms with E-state index >= 15 is 0 Å². The van der Waals surface area contributed by atoms with Crippen molar-refractivity contribution in [3.05, 3.63) is 54.1 Å². The first-order valence-electron chi connectivity index (χ1n) is 9.12. The normalized spacial score (nSPS) is 15.6. The van der Waals surface area contributed by atoms with Crippen LogP contribution in [0.5, 0.6) is 0 Å². The zero-order valence-electron chi connectivity index (χ0n) is 15.9. The number of nitrogens with zero attached hydrogens (tertiary/aromatic N) is 4. The first-order chi connectivity index (χ1) is 13.5. The van der Waals surface area contributed by atoms with Crippen LogP contribution in [0.1, 0.15) is 5.56 Å². The highest BCUT2D eigenvalue weighted by molar-refractivity contribution is 7.89. The van der Waals surface area contributed by atoms with Crippen molar-refractivity contribution in [1.29, 1.82) is 0 Å². The van der Waals surface area contributed by atoms with Crippen molar-refractivity contribution in [2.75, 3.05) is 26.3 Å². The van der Waals surface area contributed by atoms with E-state index in [1.165, 1.54) is 4.31 Å². The van der Waals surface area contributed by atoms with Crippen LogP contribution in [-0.2, 0) is 21.8 Å². The molecule has 0 amide bonds. The van der Waals surface area contributed by atoms with Crippen LogP contribution in [0.3, 0.4) is 0 Å². The number of rotatable bonds is 4. The molecule has 7 nitrogen and oxygen atoms in total. The summed E-state index contributed by atoms with van der Waals surface area (Å²) in [6, 6.07) is 15.2. The molecule has 0 unspecified atom stereocenters. The summed E-state index contributed by atoms with van der Waals surface area (Å²) in [6.45, 7) is 3.38. The van der Waals surface area contributed by atoms with E-state index in [0.717, 1.165) is 17.0 Å². The Morgan fingerprint density at radius 2 is 1.57 bits per heavy atom. The van der Waals surface area contributed by atoms with E-state index in [-0.39, 0.29) is 0 Å². The number of hydrogen-bond donors (Lipinski definition) is 0. The van der Waals surface area contributed by atoms with E-state index in [4.69, 9.17) is 4.74 Å². The topological polar surface area (TPSA) is 77.3 Å². The fourth-order valence-corrected chi connectivity index (χ4v) is 5.02. The number of benzene rings is 2. The summed E-state index contributed by atoms with van der Waals surface area (Å²) in [5, 5.41) is 8.62. The Morgan fingerprint density at radius 1 is 0.929 bits per heavy atom. The second-order valence-corrected chi connectivity index (χ2v) is 8.68. The molecule has 1 saturated heterocycles. The van der Waals surface area contributed by atoms with Crippen LogP contribution in [0.25, 0.3) is 22.8 Å². The Labute approximate surface area is 164 Å². The monoisotopic (exact) mass is 398 g/mol. The second kappa shape index (κ2) is 7.46. The van der Waals surface area contributed by atoms with Crippen molar-refractivity contribution in [1.82, 2.24) is 19.1 Å².